The fourth-order valence-corrected chi connectivity index (χ4v) is 1.33. The van der Waals surface area contributed by atoms with E-state index in [1.54, 1.807) is 0 Å². The van der Waals surface area contributed by atoms with E-state index < -0.39 is 0 Å². The van der Waals surface area contributed by atoms with Crippen molar-refractivity contribution in [1.82, 2.24) is 10.6 Å². The van der Waals surface area contributed by atoms with Gasteiger partial charge in [0.05, 0.1) is 0 Å². The average molecular weight is 252 g/mol. The van der Waals surface area contributed by atoms with Crippen LogP contribution in [-0.2, 0) is 9.59 Å². The van der Waals surface area contributed by atoms with E-state index in [0.29, 0.717) is 19.4 Å². The maximum atomic E-state index is 11.3. The quantitative estimate of drug-likeness (QED) is 0.645. The monoisotopic (exact) mass is 252 g/mol. The predicted molar refractivity (Wildman–Crippen MR) is 74.3 cm³/mol. The first-order valence-electron chi connectivity index (χ1n) is 6.11. The van der Waals surface area contributed by atoms with E-state index in [-0.39, 0.29) is 23.3 Å². The lowest BCUT2D eigenvalue weighted by Crippen LogP contribution is -2.47. The standard InChI is InChI=1S/C14H24N2O2/c1-6-12(17)9-8-11(16-13(18)7-2)10-15-14(3,4)5/h6-7,11,15H,1-2,8-10H2,3-5H3,(H,16,18). The highest BCUT2D eigenvalue weighted by Crippen LogP contribution is 2.03. The molecule has 4 heteroatoms. The third-order valence-corrected chi connectivity index (χ3v) is 2.38. The van der Waals surface area contributed by atoms with Crippen molar-refractivity contribution in [3.8, 4) is 0 Å². The highest BCUT2D eigenvalue weighted by molar-refractivity contribution is 5.89. The van der Waals surface area contributed by atoms with Crippen molar-refractivity contribution in [2.24, 2.45) is 0 Å². The predicted octanol–water partition coefficient (Wildman–Crippen LogP) is 1.58. The Labute approximate surface area is 110 Å². The molecule has 0 aliphatic rings. The summed E-state index contributed by atoms with van der Waals surface area (Å²) in [6.45, 7) is 13.6. The summed E-state index contributed by atoms with van der Waals surface area (Å²) in [6.07, 6.45) is 3.52. The van der Waals surface area contributed by atoms with Crippen LogP contribution in [0.2, 0.25) is 0 Å². The third kappa shape index (κ3) is 8.70. The summed E-state index contributed by atoms with van der Waals surface area (Å²) in [4.78, 5) is 22.5. The molecule has 1 atom stereocenters. The van der Waals surface area contributed by atoms with E-state index in [9.17, 15) is 9.59 Å². The number of carbonyl (C=O) groups is 2. The Morgan fingerprint density at radius 1 is 1.22 bits per heavy atom. The number of allylic oxidation sites excluding steroid dienone is 1. The number of hydrogen-bond donors (Lipinski definition) is 2. The largest absolute Gasteiger partial charge is 0.349 e. The highest BCUT2D eigenvalue weighted by atomic mass is 16.1. The van der Waals surface area contributed by atoms with Crippen LogP contribution in [0.15, 0.2) is 25.3 Å². The summed E-state index contributed by atoms with van der Waals surface area (Å²) in [5.41, 5.74) is -0.0282. The summed E-state index contributed by atoms with van der Waals surface area (Å²) < 4.78 is 0. The molecule has 0 saturated heterocycles. The third-order valence-electron chi connectivity index (χ3n) is 2.38. The van der Waals surface area contributed by atoms with E-state index >= 15 is 0 Å². The van der Waals surface area contributed by atoms with Gasteiger partial charge >= 0.3 is 0 Å². The second-order valence-corrected chi connectivity index (χ2v) is 5.25. The Bertz CT molecular complexity index is 316. The molecule has 0 heterocycles. The first-order valence-corrected chi connectivity index (χ1v) is 6.11. The molecule has 0 aliphatic heterocycles. The molecular weight excluding hydrogens is 228 g/mol. The summed E-state index contributed by atoms with van der Waals surface area (Å²) in [5, 5.41) is 6.12. The van der Waals surface area contributed by atoms with E-state index in [2.05, 4.69) is 23.8 Å². The second-order valence-electron chi connectivity index (χ2n) is 5.25. The van der Waals surface area contributed by atoms with Crippen LogP contribution in [0, 0.1) is 0 Å². The molecule has 0 aliphatic carbocycles. The number of carbonyl (C=O) groups excluding carboxylic acids is 2. The minimum absolute atomic E-state index is 0.0105. The Morgan fingerprint density at radius 2 is 1.83 bits per heavy atom. The minimum atomic E-state index is -0.221. The molecule has 0 saturated carbocycles. The van der Waals surface area contributed by atoms with Gasteiger partial charge in [-0.1, -0.05) is 13.2 Å². The molecule has 0 fully saturated rings. The van der Waals surface area contributed by atoms with Gasteiger partial charge in [0.1, 0.15) is 0 Å². The molecule has 0 aromatic heterocycles. The lowest BCUT2D eigenvalue weighted by molar-refractivity contribution is -0.118. The smallest absolute Gasteiger partial charge is 0.243 e. The zero-order valence-electron chi connectivity index (χ0n) is 11.6. The van der Waals surface area contributed by atoms with Gasteiger partial charge in [-0.05, 0) is 39.3 Å². The van der Waals surface area contributed by atoms with Gasteiger partial charge in [-0.25, -0.2) is 0 Å². The van der Waals surface area contributed by atoms with Crippen LogP contribution < -0.4 is 10.6 Å². The Kier molecular flexibility index (Phi) is 7.20. The van der Waals surface area contributed by atoms with Crippen LogP contribution in [0.4, 0.5) is 0 Å². The molecule has 0 spiro atoms. The van der Waals surface area contributed by atoms with Gasteiger partial charge < -0.3 is 10.6 Å². The topological polar surface area (TPSA) is 58.2 Å². The summed E-state index contributed by atoms with van der Waals surface area (Å²) in [7, 11) is 0. The molecule has 0 radical (unpaired) electrons. The van der Waals surface area contributed by atoms with Gasteiger partial charge in [-0.2, -0.15) is 0 Å². The number of ketones is 1. The van der Waals surface area contributed by atoms with Gasteiger partial charge in [0, 0.05) is 24.5 Å². The first-order chi connectivity index (χ1) is 8.28. The van der Waals surface area contributed by atoms with Crippen molar-refractivity contribution < 1.29 is 9.59 Å². The highest BCUT2D eigenvalue weighted by Gasteiger charge is 2.16. The number of nitrogens with one attached hydrogen (secondary N) is 2. The van der Waals surface area contributed by atoms with Crippen molar-refractivity contribution in [1.29, 1.82) is 0 Å². The van der Waals surface area contributed by atoms with Crippen LogP contribution in [0.3, 0.4) is 0 Å². The molecule has 1 amide bonds. The molecule has 0 aromatic rings. The summed E-state index contributed by atoms with van der Waals surface area (Å²) in [6, 6.07) is -0.0846. The van der Waals surface area contributed by atoms with Crippen molar-refractivity contribution >= 4 is 11.7 Å². The van der Waals surface area contributed by atoms with Gasteiger partial charge in [0.25, 0.3) is 0 Å². The fourth-order valence-electron chi connectivity index (χ4n) is 1.33. The SMILES string of the molecule is C=CC(=O)CCC(CNC(C)(C)C)NC(=O)C=C. The van der Waals surface area contributed by atoms with Crippen LogP contribution in [0.25, 0.3) is 0 Å². The molecule has 1 unspecified atom stereocenters. The van der Waals surface area contributed by atoms with E-state index in [1.165, 1.54) is 12.2 Å². The molecule has 0 bridgehead atoms. The molecule has 0 rings (SSSR count). The summed E-state index contributed by atoms with van der Waals surface area (Å²) in [5.74, 6) is -0.231. The number of hydrogen-bond acceptors (Lipinski definition) is 3. The van der Waals surface area contributed by atoms with Crippen LogP contribution in [0.1, 0.15) is 33.6 Å². The van der Waals surface area contributed by atoms with E-state index in [0.717, 1.165) is 0 Å². The molecule has 2 N–H and O–H groups in total. The van der Waals surface area contributed by atoms with Crippen molar-refractivity contribution in [2.45, 2.75) is 45.2 Å². The van der Waals surface area contributed by atoms with Gasteiger partial charge in [-0.15, -0.1) is 0 Å². The van der Waals surface area contributed by atoms with E-state index in [1.807, 2.05) is 20.8 Å². The average Bonchev–Trinajstić information content (AvgIpc) is 2.30. The van der Waals surface area contributed by atoms with Crippen LogP contribution in [-0.4, -0.2) is 29.8 Å². The molecule has 0 aromatic carbocycles. The number of rotatable bonds is 8. The van der Waals surface area contributed by atoms with Gasteiger partial charge in [-0.3, -0.25) is 9.59 Å². The lowest BCUT2D eigenvalue weighted by Gasteiger charge is -2.25. The number of amides is 1. The Morgan fingerprint density at radius 3 is 2.28 bits per heavy atom. The molecule has 102 valence electrons. The van der Waals surface area contributed by atoms with E-state index in [4.69, 9.17) is 0 Å². The maximum absolute atomic E-state index is 11.3. The lowest BCUT2D eigenvalue weighted by atomic mass is 10.1. The van der Waals surface area contributed by atoms with Crippen LogP contribution >= 0.6 is 0 Å². The zero-order chi connectivity index (χ0) is 14.2. The fraction of sp³-hybridized carbons (Fsp3) is 0.571. The molecule has 18 heavy (non-hydrogen) atoms. The summed E-state index contributed by atoms with van der Waals surface area (Å²) >= 11 is 0. The normalized spacial score (nSPS) is 12.6. The van der Waals surface area contributed by atoms with Crippen molar-refractivity contribution in [3.05, 3.63) is 25.3 Å². The maximum Gasteiger partial charge on any atom is 0.243 e. The zero-order valence-corrected chi connectivity index (χ0v) is 11.6. The minimum Gasteiger partial charge on any atom is -0.349 e. The Balaban J connectivity index is 4.32. The Hall–Kier alpha value is -1.42. The van der Waals surface area contributed by atoms with Crippen molar-refractivity contribution in [2.75, 3.05) is 6.54 Å². The van der Waals surface area contributed by atoms with Gasteiger partial charge in [0.15, 0.2) is 5.78 Å². The molecule has 4 nitrogen and oxygen atoms in total. The first kappa shape index (κ1) is 16.6. The van der Waals surface area contributed by atoms with Gasteiger partial charge in [0.2, 0.25) is 5.91 Å². The van der Waals surface area contributed by atoms with Crippen molar-refractivity contribution in [3.63, 3.8) is 0 Å². The molecular formula is C14H24N2O2. The second kappa shape index (κ2) is 7.82. The van der Waals surface area contributed by atoms with Crippen LogP contribution in [0.5, 0.6) is 0 Å².